The van der Waals surface area contributed by atoms with Crippen LogP contribution < -0.4 is 5.32 Å². The lowest BCUT2D eigenvalue weighted by Crippen LogP contribution is -2.30. The summed E-state index contributed by atoms with van der Waals surface area (Å²) in [6.07, 6.45) is 1.68. The minimum Gasteiger partial charge on any atom is -0.468 e. The topological polar surface area (TPSA) is 28.4 Å². The molecule has 2 aromatic rings. The maximum atomic E-state index is 6.19. The largest absolute Gasteiger partial charge is 0.468 e. The third-order valence-electron chi connectivity index (χ3n) is 3.27. The van der Waals surface area contributed by atoms with Crippen molar-refractivity contribution in [1.29, 1.82) is 0 Å². The van der Waals surface area contributed by atoms with E-state index in [9.17, 15) is 0 Å². The third-order valence-corrected chi connectivity index (χ3v) is 4.47. The number of halogens is 3. The Morgan fingerprint density at radius 3 is 2.48 bits per heavy atom. The maximum absolute atomic E-state index is 6.19. The number of hydrogen-bond donors (Lipinski definition) is 1. The molecule has 21 heavy (non-hydrogen) atoms. The molecule has 0 aliphatic heterocycles. The fraction of sp³-hybridized carbons (Fsp3) is 0.333. The lowest BCUT2D eigenvalue weighted by molar-refractivity contribution is 0.250. The van der Waals surface area contributed by atoms with Crippen molar-refractivity contribution in [3.8, 4) is 0 Å². The molecular weight excluding hydrogens is 331 g/mol. The molecular formula is C15H17Cl3N2O. The first-order chi connectivity index (χ1) is 10.0. The summed E-state index contributed by atoms with van der Waals surface area (Å²) >= 11 is 18.4. The van der Waals surface area contributed by atoms with E-state index in [-0.39, 0.29) is 6.04 Å². The van der Waals surface area contributed by atoms with Gasteiger partial charge in [0.15, 0.2) is 0 Å². The molecule has 0 bridgehead atoms. The Morgan fingerprint density at radius 2 is 1.86 bits per heavy atom. The lowest BCUT2D eigenvalue weighted by atomic mass is 10.2. The van der Waals surface area contributed by atoms with E-state index in [4.69, 9.17) is 39.2 Å². The van der Waals surface area contributed by atoms with Crippen molar-refractivity contribution < 1.29 is 4.42 Å². The summed E-state index contributed by atoms with van der Waals surface area (Å²) in [5.74, 6) is 0.913. The summed E-state index contributed by atoms with van der Waals surface area (Å²) < 4.78 is 5.47. The van der Waals surface area contributed by atoms with E-state index < -0.39 is 0 Å². The monoisotopic (exact) mass is 346 g/mol. The molecule has 1 unspecified atom stereocenters. The zero-order valence-electron chi connectivity index (χ0n) is 11.9. The average Bonchev–Trinajstić information content (AvgIpc) is 2.95. The number of benzene rings is 1. The molecule has 6 heteroatoms. The highest BCUT2D eigenvalue weighted by Gasteiger charge is 2.17. The van der Waals surface area contributed by atoms with Crippen LogP contribution in [0, 0.1) is 0 Å². The second kappa shape index (κ2) is 7.52. The van der Waals surface area contributed by atoms with E-state index >= 15 is 0 Å². The molecule has 0 aliphatic carbocycles. The van der Waals surface area contributed by atoms with Gasteiger partial charge in [-0.25, -0.2) is 0 Å². The van der Waals surface area contributed by atoms with E-state index in [1.165, 1.54) is 0 Å². The highest BCUT2D eigenvalue weighted by atomic mass is 35.5. The van der Waals surface area contributed by atoms with Gasteiger partial charge in [-0.1, -0.05) is 34.8 Å². The van der Waals surface area contributed by atoms with Crippen LogP contribution in [0.5, 0.6) is 0 Å². The van der Waals surface area contributed by atoms with Gasteiger partial charge in [0.05, 0.1) is 22.4 Å². The highest BCUT2D eigenvalue weighted by Crippen LogP contribution is 2.31. The van der Waals surface area contributed by atoms with Gasteiger partial charge in [-0.15, -0.1) is 0 Å². The van der Waals surface area contributed by atoms with Crippen molar-refractivity contribution in [2.45, 2.75) is 12.6 Å². The van der Waals surface area contributed by atoms with Crippen molar-refractivity contribution in [3.63, 3.8) is 0 Å². The second-order valence-corrected chi connectivity index (χ2v) is 6.14. The Morgan fingerprint density at radius 1 is 1.14 bits per heavy atom. The van der Waals surface area contributed by atoms with Gasteiger partial charge in [-0.05, 0) is 38.4 Å². The van der Waals surface area contributed by atoms with Crippen LogP contribution in [0.1, 0.15) is 17.4 Å². The molecule has 2 rings (SSSR count). The van der Waals surface area contributed by atoms with E-state index in [1.807, 2.05) is 26.2 Å². The zero-order chi connectivity index (χ0) is 15.4. The van der Waals surface area contributed by atoms with Crippen LogP contribution in [-0.2, 0) is 6.54 Å². The molecule has 1 atom stereocenters. The molecule has 1 aromatic heterocycles. The highest BCUT2D eigenvalue weighted by molar-refractivity contribution is 6.44. The van der Waals surface area contributed by atoms with Gasteiger partial charge in [0.25, 0.3) is 0 Å². The minimum absolute atomic E-state index is 0.136. The van der Waals surface area contributed by atoms with E-state index in [1.54, 1.807) is 18.4 Å². The van der Waals surface area contributed by atoms with Gasteiger partial charge in [0, 0.05) is 23.7 Å². The van der Waals surface area contributed by atoms with E-state index in [2.05, 4.69) is 10.2 Å². The van der Waals surface area contributed by atoms with Crippen LogP contribution in [0.2, 0.25) is 15.1 Å². The SMILES string of the molecule is CN(C)C(CNCc1c(Cl)ccc(Cl)c1Cl)c1ccco1. The van der Waals surface area contributed by atoms with Crippen molar-refractivity contribution in [3.05, 3.63) is 56.9 Å². The average molecular weight is 348 g/mol. The van der Waals surface area contributed by atoms with E-state index in [0.717, 1.165) is 11.3 Å². The van der Waals surface area contributed by atoms with E-state index in [0.29, 0.717) is 28.2 Å². The molecule has 1 N–H and O–H groups in total. The zero-order valence-corrected chi connectivity index (χ0v) is 14.1. The Balaban J connectivity index is 2.02. The molecule has 0 saturated carbocycles. The Bertz CT molecular complexity index is 585. The van der Waals surface area contributed by atoms with Crippen molar-refractivity contribution in [2.75, 3.05) is 20.6 Å². The first-order valence-electron chi connectivity index (χ1n) is 6.53. The number of nitrogens with one attached hydrogen (secondary N) is 1. The number of furan rings is 1. The standard InChI is InChI=1S/C15H17Cl3N2O/c1-20(2)13(14-4-3-7-21-14)9-19-8-10-11(16)5-6-12(17)15(10)18/h3-7,13,19H,8-9H2,1-2H3. The van der Waals surface area contributed by atoms with Crippen LogP contribution in [0.3, 0.4) is 0 Å². The first kappa shape index (κ1) is 16.7. The van der Waals surface area contributed by atoms with Gasteiger partial charge in [0.2, 0.25) is 0 Å². The van der Waals surface area contributed by atoms with Gasteiger partial charge in [0.1, 0.15) is 5.76 Å². The summed E-state index contributed by atoms with van der Waals surface area (Å²) in [7, 11) is 4.02. The molecule has 0 spiro atoms. The number of nitrogens with zero attached hydrogens (tertiary/aromatic N) is 1. The maximum Gasteiger partial charge on any atom is 0.122 e. The fourth-order valence-electron chi connectivity index (χ4n) is 2.08. The Labute approximate surface area is 139 Å². The molecule has 0 aliphatic rings. The van der Waals surface area contributed by atoms with Crippen LogP contribution >= 0.6 is 34.8 Å². The van der Waals surface area contributed by atoms with Gasteiger partial charge in [-0.2, -0.15) is 0 Å². The van der Waals surface area contributed by atoms with Crippen molar-refractivity contribution >= 4 is 34.8 Å². The van der Waals surface area contributed by atoms with Crippen LogP contribution in [0.15, 0.2) is 34.9 Å². The summed E-state index contributed by atoms with van der Waals surface area (Å²) in [4.78, 5) is 2.09. The van der Waals surface area contributed by atoms with Crippen LogP contribution in [-0.4, -0.2) is 25.5 Å². The van der Waals surface area contributed by atoms with Crippen molar-refractivity contribution in [2.24, 2.45) is 0 Å². The Hall–Kier alpha value is -0.710. The minimum atomic E-state index is 0.136. The normalized spacial score (nSPS) is 12.9. The molecule has 0 saturated heterocycles. The molecule has 0 fully saturated rings. The molecule has 0 radical (unpaired) electrons. The lowest BCUT2D eigenvalue weighted by Gasteiger charge is -2.23. The Kier molecular flexibility index (Phi) is 5.97. The third kappa shape index (κ3) is 4.15. The molecule has 1 heterocycles. The van der Waals surface area contributed by atoms with Gasteiger partial charge < -0.3 is 9.73 Å². The number of hydrogen-bond acceptors (Lipinski definition) is 3. The second-order valence-electron chi connectivity index (χ2n) is 4.95. The van der Waals surface area contributed by atoms with Gasteiger partial charge >= 0.3 is 0 Å². The summed E-state index contributed by atoms with van der Waals surface area (Å²) in [5.41, 5.74) is 0.808. The quantitative estimate of drug-likeness (QED) is 0.772. The molecule has 0 amide bonds. The predicted octanol–water partition coefficient (Wildman–Crippen LogP) is 4.63. The smallest absolute Gasteiger partial charge is 0.122 e. The fourth-order valence-corrected chi connectivity index (χ4v) is 2.76. The first-order valence-corrected chi connectivity index (χ1v) is 7.67. The summed E-state index contributed by atoms with van der Waals surface area (Å²) in [6, 6.07) is 7.43. The van der Waals surface area contributed by atoms with Crippen molar-refractivity contribution in [1.82, 2.24) is 10.2 Å². The molecule has 114 valence electrons. The van der Waals surface area contributed by atoms with Crippen LogP contribution in [0.4, 0.5) is 0 Å². The number of likely N-dealkylation sites (N-methyl/N-ethyl adjacent to an activating group) is 1. The number of rotatable bonds is 6. The summed E-state index contributed by atoms with van der Waals surface area (Å²) in [6.45, 7) is 1.25. The van der Waals surface area contributed by atoms with Gasteiger partial charge in [-0.3, -0.25) is 4.90 Å². The predicted molar refractivity (Wildman–Crippen MR) is 88.3 cm³/mol. The molecule has 3 nitrogen and oxygen atoms in total. The summed E-state index contributed by atoms with van der Waals surface area (Å²) in [5, 5.41) is 4.96. The van der Waals surface area contributed by atoms with Crippen LogP contribution in [0.25, 0.3) is 0 Å². The molecule has 1 aromatic carbocycles.